The van der Waals surface area contributed by atoms with Gasteiger partial charge in [-0.05, 0) is 62.4 Å². The van der Waals surface area contributed by atoms with E-state index in [0.717, 1.165) is 19.4 Å². The number of thiophene rings is 1. The van der Waals surface area contributed by atoms with Crippen LogP contribution in [0.15, 0.2) is 26.5 Å². The summed E-state index contributed by atoms with van der Waals surface area (Å²) in [5.41, 5.74) is 2.31. The minimum atomic E-state index is -0.424. The molecule has 0 unspecified atom stereocenters. The number of hydrogen-bond acceptors (Lipinski definition) is 4. The molecule has 0 aliphatic rings. The quantitative estimate of drug-likeness (QED) is 0.496. The second-order valence-corrected chi connectivity index (χ2v) is 7.97. The van der Waals surface area contributed by atoms with Crippen LogP contribution >= 0.6 is 43.2 Å². The number of esters is 1. The highest BCUT2D eigenvalue weighted by Crippen LogP contribution is 2.38. The lowest BCUT2D eigenvalue weighted by Crippen LogP contribution is -2.15. The molecule has 7 heteroatoms. The first-order chi connectivity index (χ1) is 10.8. The molecule has 0 aliphatic heterocycles. The van der Waals surface area contributed by atoms with E-state index >= 15 is 0 Å². The minimum Gasteiger partial charge on any atom is -0.424 e. The van der Waals surface area contributed by atoms with Crippen molar-refractivity contribution in [2.45, 2.75) is 27.2 Å². The lowest BCUT2D eigenvalue weighted by molar-refractivity contribution is -0.131. The average molecular weight is 461 g/mol. The normalized spacial score (nSPS) is 10.5. The van der Waals surface area contributed by atoms with E-state index in [1.165, 1.54) is 18.3 Å². The molecule has 2 rings (SSSR count). The number of rotatable bonds is 4. The molecule has 0 saturated heterocycles. The third-order valence-corrected chi connectivity index (χ3v) is 6.97. The molecular weight excluding hydrogens is 446 g/mol. The van der Waals surface area contributed by atoms with Crippen LogP contribution in [0.2, 0.25) is 0 Å². The maximum atomic E-state index is 12.6. The van der Waals surface area contributed by atoms with Crippen molar-refractivity contribution in [3.05, 3.63) is 42.5 Å². The van der Waals surface area contributed by atoms with Gasteiger partial charge in [0.2, 0.25) is 0 Å². The van der Waals surface area contributed by atoms with Gasteiger partial charge in [-0.25, -0.2) is 0 Å². The van der Waals surface area contributed by atoms with Crippen molar-refractivity contribution >= 4 is 60.8 Å². The van der Waals surface area contributed by atoms with E-state index in [1.807, 2.05) is 19.9 Å². The molecule has 1 aromatic heterocycles. The zero-order chi connectivity index (χ0) is 17.1. The zero-order valence-electron chi connectivity index (χ0n) is 12.8. The monoisotopic (exact) mass is 459 g/mol. The van der Waals surface area contributed by atoms with Crippen LogP contribution in [-0.2, 0) is 11.2 Å². The molecule has 2 aromatic rings. The van der Waals surface area contributed by atoms with Crippen LogP contribution in [0.1, 0.15) is 34.6 Å². The maximum absolute atomic E-state index is 12.6. The molecule has 122 valence electrons. The van der Waals surface area contributed by atoms with E-state index in [1.54, 1.807) is 12.1 Å². The molecule has 0 fully saturated rings. The fraction of sp³-hybridized carbons (Fsp3) is 0.250. The van der Waals surface area contributed by atoms with Gasteiger partial charge >= 0.3 is 5.97 Å². The standard InChI is InChI=1S/C16H15Br2NO3S/c1-4-10-6-5-7-11(22-9(3)20)13(10)19-16(21)14-8(2)12(17)15(18)23-14/h5-7H,4H2,1-3H3,(H,19,21). The van der Waals surface area contributed by atoms with Crippen molar-refractivity contribution in [2.75, 3.05) is 5.32 Å². The van der Waals surface area contributed by atoms with Crippen LogP contribution < -0.4 is 10.1 Å². The van der Waals surface area contributed by atoms with Gasteiger partial charge in [0.05, 0.1) is 14.4 Å². The summed E-state index contributed by atoms with van der Waals surface area (Å²) in [5.74, 6) is -0.294. The Hall–Kier alpha value is -1.18. The lowest BCUT2D eigenvalue weighted by Gasteiger charge is -2.14. The molecule has 1 heterocycles. The Morgan fingerprint density at radius 1 is 1.30 bits per heavy atom. The minimum absolute atomic E-state index is 0.229. The van der Waals surface area contributed by atoms with Crippen LogP contribution in [0.25, 0.3) is 0 Å². The number of aryl methyl sites for hydroxylation is 1. The summed E-state index contributed by atoms with van der Waals surface area (Å²) in [7, 11) is 0. The fourth-order valence-corrected chi connectivity index (χ4v) is 4.27. The van der Waals surface area contributed by atoms with Gasteiger partial charge in [0.25, 0.3) is 5.91 Å². The van der Waals surface area contributed by atoms with Crippen LogP contribution in [0.3, 0.4) is 0 Å². The fourth-order valence-electron chi connectivity index (χ4n) is 2.10. The zero-order valence-corrected chi connectivity index (χ0v) is 16.8. The number of halogens is 2. The van der Waals surface area contributed by atoms with Crippen molar-refractivity contribution < 1.29 is 14.3 Å². The Morgan fingerprint density at radius 3 is 2.52 bits per heavy atom. The Balaban J connectivity index is 2.40. The first-order valence-corrected chi connectivity index (χ1v) is 9.31. The van der Waals surface area contributed by atoms with Crippen molar-refractivity contribution in [1.82, 2.24) is 0 Å². The van der Waals surface area contributed by atoms with Gasteiger partial charge in [-0.15, -0.1) is 11.3 Å². The molecule has 23 heavy (non-hydrogen) atoms. The molecule has 0 aliphatic carbocycles. The molecule has 0 saturated carbocycles. The van der Waals surface area contributed by atoms with E-state index in [4.69, 9.17) is 4.74 Å². The number of carbonyl (C=O) groups excluding carboxylic acids is 2. The number of anilines is 1. The van der Waals surface area contributed by atoms with Gasteiger partial charge < -0.3 is 10.1 Å². The van der Waals surface area contributed by atoms with Crippen molar-refractivity contribution in [3.63, 3.8) is 0 Å². The second kappa shape index (κ2) is 7.59. The number of para-hydroxylation sites is 1. The summed E-state index contributed by atoms with van der Waals surface area (Å²) in [4.78, 5) is 24.5. The summed E-state index contributed by atoms with van der Waals surface area (Å²) in [6.45, 7) is 5.19. The first-order valence-electron chi connectivity index (χ1n) is 6.91. The summed E-state index contributed by atoms with van der Waals surface area (Å²) < 4.78 is 6.95. The van der Waals surface area contributed by atoms with Gasteiger partial charge in [-0.2, -0.15) is 0 Å². The van der Waals surface area contributed by atoms with Crippen molar-refractivity contribution in [2.24, 2.45) is 0 Å². The second-order valence-electron chi connectivity index (χ2n) is 4.84. The average Bonchev–Trinajstić information content (AvgIpc) is 2.76. The van der Waals surface area contributed by atoms with E-state index in [9.17, 15) is 9.59 Å². The molecule has 1 amide bonds. The summed E-state index contributed by atoms with van der Waals surface area (Å²) in [6.07, 6.45) is 0.710. The molecule has 1 N–H and O–H groups in total. The summed E-state index contributed by atoms with van der Waals surface area (Å²) in [5, 5.41) is 2.89. The molecule has 0 atom stereocenters. The van der Waals surface area contributed by atoms with Gasteiger partial charge in [-0.1, -0.05) is 19.1 Å². The number of ether oxygens (including phenoxy) is 1. The van der Waals surface area contributed by atoms with E-state index in [-0.39, 0.29) is 5.91 Å². The van der Waals surface area contributed by atoms with Crippen LogP contribution in [0.5, 0.6) is 5.75 Å². The van der Waals surface area contributed by atoms with Gasteiger partial charge in [0, 0.05) is 11.4 Å². The Bertz CT molecular complexity index is 771. The highest BCUT2D eigenvalue weighted by molar-refractivity contribution is 9.13. The van der Waals surface area contributed by atoms with Crippen LogP contribution in [0.4, 0.5) is 5.69 Å². The maximum Gasteiger partial charge on any atom is 0.308 e. The highest BCUT2D eigenvalue weighted by Gasteiger charge is 2.20. The smallest absolute Gasteiger partial charge is 0.308 e. The Kier molecular flexibility index (Phi) is 6.00. The molecule has 0 radical (unpaired) electrons. The topological polar surface area (TPSA) is 55.4 Å². The molecule has 4 nitrogen and oxygen atoms in total. The van der Waals surface area contributed by atoms with Crippen LogP contribution in [-0.4, -0.2) is 11.9 Å². The SMILES string of the molecule is CCc1cccc(OC(C)=O)c1NC(=O)c1sc(Br)c(Br)c1C. The Labute approximate surface area is 155 Å². The van der Waals surface area contributed by atoms with Gasteiger partial charge in [-0.3, -0.25) is 9.59 Å². The summed E-state index contributed by atoms with van der Waals surface area (Å²) in [6, 6.07) is 5.37. The van der Waals surface area contributed by atoms with E-state index in [2.05, 4.69) is 37.2 Å². The summed E-state index contributed by atoms with van der Waals surface area (Å²) >= 11 is 8.21. The molecular formula is C16H15Br2NO3S. The number of amides is 1. The van der Waals surface area contributed by atoms with Gasteiger partial charge in [0.15, 0.2) is 5.75 Å². The lowest BCUT2D eigenvalue weighted by atomic mass is 10.1. The molecule has 1 aromatic carbocycles. The first kappa shape index (κ1) is 18.2. The predicted molar refractivity (Wildman–Crippen MR) is 99.5 cm³/mol. The number of carbonyl (C=O) groups is 2. The third-order valence-electron chi connectivity index (χ3n) is 3.23. The largest absolute Gasteiger partial charge is 0.424 e. The number of nitrogens with one attached hydrogen (secondary N) is 1. The molecule has 0 bridgehead atoms. The highest BCUT2D eigenvalue weighted by atomic mass is 79.9. The van der Waals surface area contributed by atoms with Crippen molar-refractivity contribution in [1.29, 1.82) is 0 Å². The van der Waals surface area contributed by atoms with Gasteiger partial charge in [0.1, 0.15) is 0 Å². The van der Waals surface area contributed by atoms with Crippen LogP contribution in [0, 0.1) is 6.92 Å². The Morgan fingerprint density at radius 2 is 2.00 bits per heavy atom. The van der Waals surface area contributed by atoms with Crippen molar-refractivity contribution in [3.8, 4) is 5.75 Å². The third kappa shape index (κ3) is 4.02. The molecule has 0 spiro atoms. The number of hydrogen-bond donors (Lipinski definition) is 1. The van der Waals surface area contributed by atoms with E-state index < -0.39 is 5.97 Å². The number of benzene rings is 1. The van der Waals surface area contributed by atoms with E-state index in [0.29, 0.717) is 22.7 Å². The predicted octanol–water partition coefficient (Wildman–Crippen LogP) is 5.32.